The van der Waals surface area contributed by atoms with Crippen LogP contribution >= 0.6 is 0 Å². The summed E-state index contributed by atoms with van der Waals surface area (Å²) in [7, 11) is 0. The molecule has 0 radical (unpaired) electrons. The molecule has 1 heterocycles. The number of aliphatic hydroxyl groups is 1. The molecular weight excluding hydrogens is 194 g/mol. The maximum Gasteiger partial charge on any atom is 0.323 e. The van der Waals surface area contributed by atoms with Crippen LogP contribution in [0, 0.1) is 5.92 Å². The number of esters is 1. The van der Waals surface area contributed by atoms with Gasteiger partial charge in [-0.05, 0) is 18.8 Å². The molecule has 1 aliphatic heterocycles. The molecule has 88 valence electrons. The number of hydrogen-bond donors (Lipinski definition) is 2. The Bertz CT molecular complexity index is 206. The second-order valence-electron chi connectivity index (χ2n) is 4.55. The van der Waals surface area contributed by atoms with Crippen molar-refractivity contribution in [3.05, 3.63) is 0 Å². The number of nitrogens with one attached hydrogen (secondary N) is 1. The largest absolute Gasteiger partial charge is 0.465 e. The molecule has 0 saturated carbocycles. The molecule has 2 atom stereocenters. The van der Waals surface area contributed by atoms with Crippen molar-refractivity contribution in [2.24, 2.45) is 5.92 Å². The second kappa shape index (κ2) is 6.08. The van der Waals surface area contributed by atoms with Gasteiger partial charge >= 0.3 is 5.97 Å². The Morgan fingerprint density at radius 3 is 2.87 bits per heavy atom. The Hall–Kier alpha value is -0.610. The first kappa shape index (κ1) is 12.5. The lowest BCUT2D eigenvalue weighted by Crippen LogP contribution is -2.32. The number of aliphatic hydroxyl groups excluding tert-OH is 1. The monoisotopic (exact) mass is 215 g/mol. The SMILES string of the molecule is CC(C)CCCOC(=O)[C@@H]1C[C@H](O)CN1. The quantitative estimate of drug-likeness (QED) is 0.523. The van der Waals surface area contributed by atoms with Gasteiger partial charge in [-0.3, -0.25) is 4.79 Å². The fraction of sp³-hybridized carbons (Fsp3) is 0.909. The Morgan fingerprint density at radius 1 is 1.60 bits per heavy atom. The molecule has 0 aliphatic carbocycles. The highest BCUT2D eigenvalue weighted by Crippen LogP contribution is 2.09. The van der Waals surface area contributed by atoms with E-state index in [2.05, 4.69) is 19.2 Å². The highest BCUT2D eigenvalue weighted by Gasteiger charge is 2.28. The van der Waals surface area contributed by atoms with E-state index in [-0.39, 0.29) is 12.0 Å². The third-order valence-electron chi connectivity index (χ3n) is 2.56. The lowest BCUT2D eigenvalue weighted by molar-refractivity contribution is -0.146. The molecule has 0 aromatic heterocycles. The highest BCUT2D eigenvalue weighted by molar-refractivity contribution is 5.76. The number of carbonyl (C=O) groups is 1. The predicted molar refractivity (Wildman–Crippen MR) is 57.4 cm³/mol. The van der Waals surface area contributed by atoms with Crippen molar-refractivity contribution in [2.75, 3.05) is 13.2 Å². The molecule has 0 unspecified atom stereocenters. The minimum absolute atomic E-state index is 0.227. The summed E-state index contributed by atoms with van der Waals surface area (Å²) in [4.78, 5) is 11.4. The van der Waals surface area contributed by atoms with Crippen LogP contribution in [0.15, 0.2) is 0 Å². The van der Waals surface area contributed by atoms with Gasteiger partial charge < -0.3 is 15.2 Å². The number of hydrogen-bond acceptors (Lipinski definition) is 4. The molecule has 1 fully saturated rings. The molecule has 4 heteroatoms. The molecule has 0 bridgehead atoms. The van der Waals surface area contributed by atoms with Crippen LogP contribution in [0.2, 0.25) is 0 Å². The van der Waals surface area contributed by atoms with Crippen LogP contribution in [0.1, 0.15) is 33.1 Å². The second-order valence-corrected chi connectivity index (χ2v) is 4.55. The zero-order chi connectivity index (χ0) is 11.3. The van der Waals surface area contributed by atoms with E-state index in [4.69, 9.17) is 4.74 Å². The van der Waals surface area contributed by atoms with Crippen LogP contribution in [0.3, 0.4) is 0 Å². The van der Waals surface area contributed by atoms with E-state index in [1.807, 2.05) is 0 Å². The van der Waals surface area contributed by atoms with E-state index in [0.717, 1.165) is 12.8 Å². The van der Waals surface area contributed by atoms with Crippen molar-refractivity contribution >= 4 is 5.97 Å². The summed E-state index contributed by atoms with van der Waals surface area (Å²) < 4.78 is 5.11. The zero-order valence-corrected chi connectivity index (χ0v) is 9.53. The number of rotatable bonds is 5. The Balaban J connectivity index is 2.08. The summed E-state index contributed by atoms with van der Waals surface area (Å²) in [6, 6.07) is -0.306. The first-order chi connectivity index (χ1) is 7.09. The Kier molecular flexibility index (Phi) is 5.05. The minimum atomic E-state index is -0.404. The van der Waals surface area contributed by atoms with Gasteiger partial charge in [0.15, 0.2) is 0 Å². The Labute approximate surface area is 91.0 Å². The maximum absolute atomic E-state index is 11.4. The van der Waals surface area contributed by atoms with Crippen LogP contribution in [-0.4, -0.2) is 36.4 Å². The molecule has 1 saturated heterocycles. The summed E-state index contributed by atoms with van der Waals surface area (Å²) in [5, 5.41) is 12.2. The van der Waals surface area contributed by atoms with E-state index >= 15 is 0 Å². The van der Waals surface area contributed by atoms with Crippen molar-refractivity contribution in [1.29, 1.82) is 0 Å². The van der Waals surface area contributed by atoms with Gasteiger partial charge in [-0.15, -0.1) is 0 Å². The normalized spacial score (nSPS) is 25.9. The van der Waals surface area contributed by atoms with E-state index in [1.54, 1.807) is 0 Å². The van der Waals surface area contributed by atoms with Gasteiger partial charge in [0.1, 0.15) is 6.04 Å². The first-order valence-electron chi connectivity index (χ1n) is 5.67. The van der Waals surface area contributed by atoms with Crippen LogP contribution in [0.4, 0.5) is 0 Å². The highest BCUT2D eigenvalue weighted by atomic mass is 16.5. The van der Waals surface area contributed by atoms with Gasteiger partial charge in [0, 0.05) is 13.0 Å². The standard InChI is InChI=1S/C11H21NO3/c1-8(2)4-3-5-15-11(14)10-6-9(13)7-12-10/h8-10,12-13H,3-7H2,1-2H3/t9-,10-/m0/s1. The summed E-state index contributed by atoms with van der Waals surface area (Å²) in [5.74, 6) is 0.422. The molecule has 1 aliphatic rings. The average molecular weight is 215 g/mol. The summed E-state index contributed by atoms with van der Waals surface area (Å²) >= 11 is 0. The molecule has 2 N–H and O–H groups in total. The molecule has 4 nitrogen and oxygen atoms in total. The van der Waals surface area contributed by atoms with Gasteiger partial charge in [-0.2, -0.15) is 0 Å². The van der Waals surface area contributed by atoms with Gasteiger partial charge in [-0.25, -0.2) is 0 Å². The van der Waals surface area contributed by atoms with Crippen LogP contribution < -0.4 is 5.32 Å². The molecule has 1 rings (SSSR count). The van der Waals surface area contributed by atoms with E-state index < -0.39 is 6.10 Å². The van der Waals surface area contributed by atoms with Gasteiger partial charge in [0.2, 0.25) is 0 Å². The molecule has 0 aromatic rings. The zero-order valence-electron chi connectivity index (χ0n) is 9.53. The maximum atomic E-state index is 11.4. The topological polar surface area (TPSA) is 58.6 Å². The van der Waals surface area contributed by atoms with Crippen molar-refractivity contribution in [1.82, 2.24) is 5.32 Å². The van der Waals surface area contributed by atoms with Crippen molar-refractivity contribution in [3.63, 3.8) is 0 Å². The van der Waals surface area contributed by atoms with Crippen molar-refractivity contribution in [2.45, 2.75) is 45.3 Å². The third kappa shape index (κ3) is 4.62. The van der Waals surface area contributed by atoms with E-state index in [1.165, 1.54) is 0 Å². The van der Waals surface area contributed by atoms with Crippen LogP contribution in [0.25, 0.3) is 0 Å². The molecular formula is C11H21NO3. The number of carbonyl (C=O) groups excluding carboxylic acids is 1. The predicted octanol–water partition coefficient (Wildman–Crippen LogP) is 0.689. The summed E-state index contributed by atoms with van der Waals surface area (Å²) in [6.07, 6.45) is 2.06. The molecule has 0 amide bonds. The van der Waals surface area contributed by atoms with Gasteiger partial charge in [-0.1, -0.05) is 13.8 Å². The van der Waals surface area contributed by atoms with Crippen molar-refractivity contribution < 1.29 is 14.6 Å². The lowest BCUT2D eigenvalue weighted by Gasteiger charge is -2.10. The summed E-state index contributed by atoms with van der Waals surface area (Å²) in [5.41, 5.74) is 0. The lowest BCUT2D eigenvalue weighted by atomic mass is 10.1. The minimum Gasteiger partial charge on any atom is -0.465 e. The third-order valence-corrected chi connectivity index (χ3v) is 2.56. The van der Waals surface area contributed by atoms with Crippen molar-refractivity contribution in [3.8, 4) is 0 Å². The number of β-amino-alcohol motifs (C(OH)–C–C–N with tert-alkyl or cyclic N) is 1. The average Bonchev–Trinajstić information content (AvgIpc) is 2.59. The first-order valence-corrected chi connectivity index (χ1v) is 5.67. The molecule has 15 heavy (non-hydrogen) atoms. The summed E-state index contributed by atoms with van der Waals surface area (Å²) in [6.45, 7) is 5.28. The fourth-order valence-corrected chi connectivity index (χ4v) is 1.66. The Morgan fingerprint density at radius 2 is 2.33 bits per heavy atom. The van der Waals surface area contributed by atoms with Gasteiger partial charge in [0.05, 0.1) is 12.7 Å². The van der Waals surface area contributed by atoms with Crippen LogP contribution in [-0.2, 0) is 9.53 Å². The van der Waals surface area contributed by atoms with E-state index in [0.29, 0.717) is 25.5 Å². The van der Waals surface area contributed by atoms with Crippen LogP contribution in [0.5, 0.6) is 0 Å². The smallest absolute Gasteiger partial charge is 0.323 e. The van der Waals surface area contributed by atoms with Gasteiger partial charge in [0.25, 0.3) is 0 Å². The number of ether oxygens (including phenoxy) is 1. The fourth-order valence-electron chi connectivity index (χ4n) is 1.66. The van der Waals surface area contributed by atoms with E-state index in [9.17, 15) is 9.90 Å². The molecule has 0 spiro atoms. The molecule has 0 aromatic carbocycles.